The molecular weight excluding hydrogens is 301 g/mol. The first-order chi connectivity index (χ1) is 8.54. The Morgan fingerprint density at radius 2 is 2.22 bits per heavy atom. The number of pyridine rings is 1. The second kappa shape index (κ2) is 4.89. The highest BCUT2D eigenvalue weighted by Crippen LogP contribution is 2.28. The van der Waals surface area contributed by atoms with Crippen LogP contribution in [0.4, 0.5) is 15.0 Å². The van der Waals surface area contributed by atoms with Crippen LogP contribution in [-0.2, 0) is 0 Å². The lowest BCUT2D eigenvalue weighted by Gasteiger charge is -2.17. The Kier molecular flexibility index (Phi) is 3.47. The summed E-state index contributed by atoms with van der Waals surface area (Å²) in [4.78, 5) is 16.6. The summed E-state index contributed by atoms with van der Waals surface area (Å²) in [6.07, 6.45) is 1.52. The number of fused-ring (bicyclic) bond motifs is 1. The third-order valence-electron chi connectivity index (χ3n) is 2.64. The van der Waals surface area contributed by atoms with Crippen molar-refractivity contribution < 1.29 is 9.18 Å². The van der Waals surface area contributed by atoms with E-state index in [2.05, 4.69) is 20.9 Å². The number of rotatable bonds is 2. The Balaban J connectivity index is 2.63. The first-order valence-electron chi connectivity index (χ1n) is 5.35. The second-order valence-corrected chi connectivity index (χ2v) is 4.55. The van der Waals surface area contributed by atoms with E-state index >= 15 is 0 Å². The number of carbonyl (C=O) groups excluding carboxylic acids is 1. The number of hydrogen-bond acceptors (Lipinski definition) is 2. The third-order valence-corrected chi connectivity index (χ3v) is 3.33. The second-order valence-electron chi connectivity index (χ2n) is 3.70. The fourth-order valence-corrected chi connectivity index (χ4v) is 2.18. The number of carbonyl (C=O) groups is 1. The maximum absolute atomic E-state index is 13.7. The van der Waals surface area contributed by atoms with E-state index in [4.69, 9.17) is 5.73 Å². The zero-order chi connectivity index (χ0) is 13.3. The minimum Gasteiger partial charge on any atom is -0.351 e. The molecule has 0 aliphatic heterocycles. The van der Waals surface area contributed by atoms with Gasteiger partial charge in [-0.2, -0.15) is 0 Å². The topological polar surface area (TPSA) is 59.2 Å². The molecule has 2 aromatic rings. The molecule has 0 spiro atoms. The number of nitrogens with zero attached hydrogens (tertiary/aromatic N) is 2. The van der Waals surface area contributed by atoms with E-state index in [1.807, 2.05) is 0 Å². The highest BCUT2D eigenvalue weighted by molar-refractivity contribution is 9.10. The first kappa shape index (κ1) is 12.8. The van der Waals surface area contributed by atoms with Crippen molar-refractivity contribution in [3.8, 4) is 0 Å². The van der Waals surface area contributed by atoms with Crippen LogP contribution in [0.5, 0.6) is 0 Å². The molecule has 2 rings (SSSR count). The van der Waals surface area contributed by atoms with Crippen LogP contribution in [0.25, 0.3) is 10.8 Å². The van der Waals surface area contributed by atoms with Gasteiger partial charge < -0.3 is 5.73 Å². The standard InChI is InChI=1S/C12H11BrFN3O/c1-2-17(12(15)18)11-5-7-8(6-16-11)9(13)3-4-10(7)14/h3-6H,2H2,1H3,(H2,15,18). The maximum atomic E-state index is 13.7. The van der Waals surface area contributed by atoms with Gasteiger partial charge in [0.15, 0.2) is 0 Å². The van der Waals surface area contributed by atoms with Crippen molar-refractivity contribution >= 4 is 38.6 Å². The average Bonchev–Trinajstić information content (AvgIpc) is 2.34. The van der Waals surface area contributed by atoms with E-state index in [0.717, 1.165) is 4.47 Å². The summed E-state index contributed by atoms with van der Waals surface area (Å²) in [5, 5.41) is 1.05. The van der Waals surface area contributed by atoms with Gasteiger partial charge in [0.05, 0.1) is 0 Å². The lowest BCUT2D eigenvalue weighted by atomic mass is 10.1. The fraction of sp³-hybridized carbons (Fsp3) is 0.167. The van der Waals surface area contributed by atoms with Crippen LogP contribution in [-0.4, -0.2) is 17.6 Å². The van der Waals surface area contributed by atoms with Gasteiger partial charge in [-0.25, -0.2) is 14.2 Å². The van der Waals surface area contributed by atoms with E-state index in [9.17, 15) is 9.18 Å². The number of halogens is 2. The van der Waals surface area contributed by atoms with Crippen LogP contribution in [0.2, 0.25) is 0 Å². The summed E-state index contributed by atoms with van der Waals surface area (Å²) in [7, 11) is 0. The predicted octanol–water partition coefficient (Wildman–Crippen LogP) is 3.04. The van der Waals surface area contributed by atoms with Crippen LogP contribution in [0.1, 0.15) is 6.92 Å². The zero-order valence-corrected chi connectivity index (χ0v) is 11.2. The zero-order valence-electron chi connectivity index (χ0n) is 9.65. The van der Waals surface area contributed by atoms with Gasteiger partial charge in [-0.3, -0.25) is 4.90 Å². The third kappa shape index (κ3) is 2.15. The Bertz CT molecular complexity index is 618. The molecule has 18 heavy (non-hydrogen) atoms. The van der Waals surface area contributed by atoms with Crippen molar-refractivity contribution in [2.24, 2.45) is 5.73 Å². The van der Waals surface area contributed by atoms with Crippen molar-refractivity contribution in [1.82, 2.24) is 4.98 Å². The van der Waals surface area contributed by atoms with Gasteiger partial charge in [-0.15, -0.1) is 0 Å². The molecule has 0 saturated carbocycles. The lowest BCUT2D eigenvalue weighted by Crippen LogP contribution is -2.36. The van der Waals surface area contributed by atoms with Gasteiger partial charge in [0.2, 0.25) is 0 Å². The Morgan fingerprint density at radius 3 is 2.83 bits per heavy atom. The molecule has 6 heteroatoms. The molecule has 2 amide bonds. The Morgan fingerprint density at radius 1 is 1.50 bits per heavy atom. The van der Waals surface area contributed by atoms with E-state index in [0.29, 0.717) is 23.1 Å². The van der Waals surface area contributed by atoms with Gasteiger partial charge in [0.1, 0.15) is 11.6 Å². The van der Waals surface area contributed by atoms with Crippen LogP contribution >= 0.6 is 15.9 Å². The van der Waals surface area contributed by atoms with Crippen LogP contribution in [0, 0.1) is 5.82 Å². The summed E-state index contributed by atoms with van der Waals surface area (Å²) in [6.45, 7) is 2.15. The normalized spacial score (nSPS) is 10.6. The Labute approximate surface area is 112 Å². The van der Waals surface area contributed by atoms with Crippen molar-refractivity contribution in [2.45, 2.75) is 6.92 Å². The molecule has 0 aliphatic rings. The van der Waals surface area contributed by atoms with Gasteiger partial charge in [0.25, 0.3) is 0 Å². The fourth-order valence-electron chi connectivity index (χ4n) is 1.74. The molecular formula is C12H11BrFN3O. The SMILES string of the molecule is CCN(C(N)=O)c1cc2c(F)ccc(Br)c2cn1. The number of amides is 2. The van der Waals surface area contributed by atoms with Crippen LogP contribution in [0.3, 0.4) is 0 Å². The summed E-state index contributed by atoms with van der Waals surface area (Å²) < 4.78 is 14.5. The molecule has 1 heterocycles. The average molecular weight is 312 g/mol. The highest BCUT2D eigenvalue weighted by Gasteiger charge is 2.13. The summed E-state index contributed by atoms with van der Waals surface area (Å²) in [5.41, 5.74) is 5.24. The quantitative estimate of drug-likeness (QED) is 0.926. The monoisotopic (exact) mass is 311 g/mol. The van der Waals surface area contributed by atoms with Crippen LogP contribution < -0.4 is 10.6 Å². The van der Waals surface area contributed by atoms with E-state index in [1.54, 1.807) is 13.0 Å². The van der Waals surface area contributed by atoms with Crippen molar-refractivity contribution in [1.29, 1.82) is 0 Å². The van der Waals surface area contributed by atoms with Gasteiger partial charge in [-0.05, 0) is 25.1 Å². The molecule has 4 nitrogen and oxygen atoms in total. The molecule has 94 valence electrons. The molecule has 1 aromatic heterocycles. The smallest absolute Gasteiger partial charge is 0.320 e. The minimum absolute atomic E-state index is 0.342. The Hall–Kier alpha value is -1.69. The largest absolute Gasteiger partial charge is 0.351 e. The number of anilines is 1. The molecule has 0 atom stereocenters. The summed E-state index contributed by atoms with van der Waals surface area (Å²) in [6, 6.07) is 3.88. The molecule has 2 N–H and O–H groups in total. The molecule has 0 fully saturated rings. The van der Waals surface area contributed by atoms with Gasteiger partial charge in [-0.1, -0.05) is 15.9 Å². The number of primary amides is 1. The molecule has 0 bridgehead atoms. The number of hydrogen-bond donors (Lipinski definition) is 1. The van der Waals surface area contributed by atoms with Gasteiger partial charge in [0, 0.05) is 28.0 Å². The molecule has 0 unspecified atom stereocenters. The minimum atomic E-state index is -0.611. The number of aromatic nitrogens is 1. The number of benzene rings is 1. The van der Waals surface area contributed by atoms with Crippen molar-refractivity contribution in [2.75, 3.05) is 11.4 Å². The van der Waals surface area contributed by atoms with Crippen molar-refractivity contribution in [3.63, 3.8) is 0 Å². The lowest BCUT2D eigenvalue weighted by molar-refractivity contribution is 0.254. The van der Waals surface area contributed by atoms with E-state index in [1.165, 1.54) is 23.2 Å². The molecule has 0 aliphatic carbocycles. The van der Waals surface area contributed by atoms with Crippen molar-refractivity contribution in [3.05, 3.63) is 34.7 Å². The summed E-state index contributed by atoms with van der Waals surface area (Å²) in [5.74, 6) is -0.0214. The predicted molar refractivity (Wildman–Crippen MR) is 72.0 cm³/mol. The van der Waals surface area contributed by atoms with E-state index < -0.39 is 6.03 Å². The van der Waals surface area contributed by atoms with E-state index in [-0.39, 0.29) is 5.82 Å². The summed E-state index contributed by atoms with van der Waals surface area (Å²) >= 11 is 3.33. The van der Waals surface area contributed by atoms with Crippen LogP contribution in [0.15, 0.2) is 28.9 Å². The first-order valence-corrected chi connectivity index (χ1v) is 6.14. The number of nitrogens with two attached hydrogens (primary N) is 1. The maximum Gasteiger partial charge on any atom is 0.320 e. The molecule has 1 aromatic carbocycles. The molecule has 0 saturated heterocycles. The molecule has 0 radical (unpaired) electrons. The number of urea groups is 1. The highest BCUT2D eigenvalue weighted by atomic mass is 79.9. The van der Waals surface area contributed by atoms with Gasteiger partial charge >= 0.3 is 6.03 Å².